The van der Waals surface area contributed by atoms with Crippen molar-refractivity contribution >= 4 is 0 Å². The van der Waals surface area contributed by atoms with Gasteiger partial charge >= 0.3 is 0 Å². The number of nitrogens with one attached hydrogen (secondary N) is 1. The zero-order valence-electron chi connectivity index (χ0n) is 11.7. The van der Waals surface area contributed by atoms with Crippen LogP contribution in [0.2, 0.25) is 0 Å². The predicted molar refractivity (Wildman–Crippen MR) is 71.9 cm³/mol. The fraction of sp³-hybridized carbons (Fsp3) is 0.933. The Morgan fingerprint density at radius 3 is 2.11 bits per heavy atom. The van der Waals surface area contributed by atoms with Crippen molar-refractivity contribution in [1.29, 1.82) is 5.26 Å². The van der Waals surface area contributed by atoms with Gasteiger partial charge in [0.05, 0.1) is 6.07 Å². The fourth-order valence-corrected chi connectivity index (χ4v) is 4.92. The number of hydrogen-bond donors (Lipinski definition) is 1. The second-order valence-electron chi connectivity index (χ2n) is 7.02. The van der Waals surface area contributed by atoms with Crippen LogP contribution >= 0.6 is 0 Å². The normalized spacial score (nSPS) is 45.4. The minimum absolute atomic E-state index is 0.191. The summed E-state index contributed by atoms with van der Waals surface area (Å²) in [6.45, 7) is 1.97. The van der Waals surface area contributed by atoms with Crippen LogP contribution in [0.25, 0.3) is 0 Å². The first-order chi connectivity index (χ1) is 8.64. The van der Waals surface area contributed by atoms with Crippen molar-refractivity contribution in [3.63, 3.8) is 0 Å². The molecule has 0 radical (unpaired) electrons. The van der Waals surface area contributed by atoms with Crippen LogP contribution in [0.3, 0.4) is 0 Å². The Morgan fingerprint density at radius 1 is 1.11 bits per heavy atom. The van der Waals surface area contributed by atoms with Gasteiger partial charge in [-0.15, -0.1) is 0 Å². The lowest BCUT2D eigenvalue weighted by Gasteiger charge is -2.58. The molecule has 3 heteroatoms. The van der Waals surface area contributed by atoms with Gasteiger partial charge in [0.2, 0.25) is 0 Å². The molecule has 0 aromatic heterocycles. The summed E-state index contributed by atoms with van der Waals surface area (Å²) in [5.41, 5.74) is -0.191. The van der Waals surface area contributed by atoms with Crippen LogP contribution in [0.1, 0.15) is 32.1 Å². The molecule has 0 spiro atoms. The topological polar surface area (TPSA) is 39.1 Å². The fourth-order valence-electron chi connectivity index (χ4n) is 4.92. The number of likely N-dealkylation sites (N-methyl/N-ethyl adjacent to an activating group) is 1. The smallest absolute Gasteiger partial charge is 0.112 e. The molecule has 1 N–H and O–H groups in total. The average molecular weight is 247 g/mol. The zero-order chi connectivity index (χ0) is 12.8. The van der Waals surface area contributed by atoms with Crippen LogP contribution in [-0.2, 0) is 0 Å². The standard InChI is InChI=1S/C15H25N3/c1-18(2)4-3-17-15(10-16)13-6-11-5-12(8-13)9-14(15)7-11/h11-14,17H,3-9H2,1-2H3. The number of rotatable bonds is 4. The van der Waals surface area contributed by atoms with E-state index in [1.165, 1.54) is 32.1 Å². The van der Waals surface area contributed by atoms with E-state index in [0.29, 0.717) is 11.8 Å². The van der Waals surface area contributed by atoms with Crippen LogP contribution in [0.15, 0.2) is 0 Å². The average Bonchev–Trinajstić information content (AvgIpc) is 2.32. The van der Waals surface area contributed by atoms with Gasteiger partial charge < -0.3 is 4.90 Å². The molecule has 3 nitrogen and oxygen atoms in total. The van der Waals surface area contributed by atoms with E-state index < -0.39 is 0 Å². The summed E-state index contributed by atoms with van der Waals surface area (Å²) in [5, 5.41) is 13.4. The highest BCUT2D eigenvalue weighted by Crippen LogP contribution is 2.57. The third-order valence-corrected chi connectivity index (χ3v) is 5.59. The van der Waals surface area contributed by atoms with Crippen LogP contribution < -0.4 is 5.32 Å². The lowest BCUT2D eigenvalue weighted by atomic mass is 9.49. The molecular formula is C15H25N3. The molecule has 0 atom stereocenters. The van der Waals surface area contributed by atoms with E-state index >= 15 is 0 Å². The molecule has 4 aliphatic carbocycles. The van der Waals surface area contributed by atoms with Crippen molar-refractivity contribution in [2.45, 2.75) is 37.6 Å². The van der Waals surface area contributed by atoms with Gasteiger partial charge in [-0.05, 0) is 69.9 Å². The zero-order valence-corrected chi connectivity index (χ0v) is 11.7. The molecule has 4 saturated carbocycles. The summed E-state index contributed by atoms with van der Waals surface area (Å²) in [6, 6.07) is 2.70. The van der Waals surface area contributed by atoms with Gasteiger partial charge in [0, 0.05) is 13.1 Å². The Bertz CT molecular complexity index is 327. The Labute approximate surface area is 111 Å². The van der Waals surface area contributed by atoms with Gasteiger partial charge in [0.15, 0.2) is 0 Å². The summed E-state index contributed by atoms with van der Waals surface area (Å²) in [4.78, 5) is 2.19. The van der Waals surface area contributed by atoms with Crippen molar-refractivity contribution in [1.82, 2.24) is 10.2 Å². The second kappa shape index (κ2) is 4.51. The van der Waals surface area contributed by atoms with Crippen molar-refractivity contribution < 1.29 is 0 Å². The maximum absolute atomic E-state index is 9.79. The lowest BCUT2D eigenvalue weighted by Crippen LogP contribution is -2.64. The highest BCUT2D eigenvalue weighted by atomic mass is 15.1. The molecule has 0 unspecified atom stereocenters. The van der Waals surface area contributed by atoms with Gasteiger partial charge in [-0.3, -0.25) is 5.32 Å². The van der Waals surface area contributed by atoms with Crippen molar-refractivity contribution in [3.05, 3.63) is 0 Å². The maximum atomic E-state index is 9.79. The highest BCUT2D eigenvalue weighted by molar-refractivity contribution is 5.21. The third-order valence-electron chi connectivity index (χ3n) is 5.59. The van der Waals surface area contributed by atoms with Crippen molar-refractivity contribution in [3.8, 4) is 6.07 Å². The van der Waals surface area contributed by atoms with E-state index in [9.17, 15) is 5.26 Å². The molecular weight excluding hydrogens is 222 g/mol. The van der Waals surface area contributed by atoms with Gasteiger partial charge in [-0.1, -0.05) is 0 Å². The number of nitriles is 1. The first-order valence-electron chi connectivity index (χ1n) is 7.45. The molecule has 4 fully saturated rings. The predicted octanol–water partition coefficient (Wildman–Crippen LogP) is 1.86. The maximum Gasteiger partial charge on any atom is 0.112 e. The molecule has 4 aliphatic rings. The highest BCUT2D eigenvalue weighted by Gasteiger charge is 2.57. The monoisotopic (exact) mass is 247 g/mol. The van der Waals surface area contributed by atoms with Gasteiger partial charge in [0.25, 0.3) is 0 Å². The van der Waals surface area contributed by atoms with Gasteiger partial charge in [-0.25, -0.2) is 0 Å². The number of hydrogen-bond acceptors (Lipinski definition) is 3. The largest absolute Gasteiger partial charge is 0.308 e. The first kappa shape index (κ1) is 12.4. The van der Waals surface area contributed by atoms with Crippen molar-refractivity contribution in [2.75, 3.05) is 27.2 Å². The lowest BCUT2D eigenvalue weighted by molar-refractivity contribution is -0.0467. The molecule has 100 valence electrons. The van der Waals surface area contributed by atoms with E-state index in [1.54, 1.807) is 0 Å². The SMILES string of the molecule is CN(C)CCNC1(C#N)C2CC3CC(C2)CC1C3. The molecule has 0 aromatic rings. The Balaban J connectivity index is 1.73. The molecule has 0 heterocycles. The van der Waals surface area contributed by atoms with Crippen LogP contribution in [0.5, 0.6) is 0 Å². The minimum Gasteiger partial charge on any atom is -0.308 e. The van der Waals surface area contributed by atoms with Crippen LogP contribution in [-0.4, -0.2) is 37.6 Å². The van der Waals surface area contributed by atoms with Crippen LogP contribution in [0, 0.1) is 35.0 Å². The van der Waals surface area contributed by atoms with E-state index in [1.807, 2.05) is 0 Å². The van der Waals surface area contributed by atoms with E-state index in [0.717, 1.165) is 24.9 Å². The second-order valence-corrected chi connectivity index (χ2v) is 7.02. The summed E-state index contributed by atoms with van der Waals surface area (Å²) >= 11 is 0. The summed E-state index contributed by atoms with van der Waals surface area (Å²) in [6.07, 6.45) is 6.66. The van der Waals surface area contributed by atoms with E-state index in [-0.39, 0.29) is 5.54 Å². The first-order valence-corrected chi connectivity index (χ1v) is 7.45. The molecule has 0 aliphatic heterocycles. The minimum atomic E-state index is -0.191. The van der Waals surface area contributed by atoms with E-state index in [2.05, 4.69) is 30.4 Å². The quantitative estimate of drug-likeness (QED) is 0.824. The van der Waals surface area contributed by atoms with E-state index in [4.69, 9.17) is 0 Å². The molecule has 0 aromatic carbocycles. The van der Waals surface area contributed by atoms with Crippen molar-refractivity contribution in [2.24, 2.45) is 23.7 Å². The molecule has 0 saturated heterocycles. The summed E-state index contributed by atoms with van der Waals surface area (Å²) < 4.78 is 0. The molecule has 4 rings (SSSR count). The van der Waals surface area contributed by atoms with Gasteiger partial charge in [-0.2, -0.15) is 5.26 Å². The Kier molecular flexibility index (Phi) is 3.11. The van der Waals surface area contributed by atoms with Crippen LogP contribution in [0.4, 0.5) is 0 Å². The van der Waals surface area contributed by atoms with Gasteiger partial charge in [0.1, 0.15) is 5.54 Å². The number of nitrogens with zero attached hydrogens (tertiary/aromatic N) is 2. The molecule has 4 bridgehead atoms. The third kappa shape index (κ3) is 1.87. The molecule has 18 heavy (non-hydrogen) atoms. The Morgan fingerprint density at radius 2 is 1.67 bits per heavy atom. The summed E-state index contributed by atoms with van der Waals surface area (Å²) in [5.74, 6) is 3.12. The Hall–Kier alpha value is -0.590. The molecule has 0 amide bonds. The summed E-state index contributed by atoms with van der Waals surface area (Å²) in [7, 11) is 4.19.